The molecular formula is C7H16FNO. The van der Waals surface area contributed by atoms with Crippen molar-refractivity contribution in [2.45, 2.75) is 32.4 Å². The molecule has 0 aliphatic carbocycles. The quantitative estimate of drug-likeness (QED) is 0.603. The predicted molar refractivity (Wildman–Crippen MR) is 39.7 cm³/mol. The van der Waals surface area contributed by atoms with Crippen LogP contribution in [-0.2, 0) is 0 Å². The van der Waals surface area contributed by atoms with Gasteiger partial charge in [0.15, 0.2) is 0 Å². The molecule has 0 aromatic carbocycles. The molecule has 0 amide bonds. The van der Waals surface area contributed by atoms with Crippen LogP contribution in [-0.4, -0.2) is 30.5 Å². The van der Waals surface area contributed by atoms with Crippen molar-refractivity contribution in [1.82, 2.24) is 5.32 Å². The van der Waals surface area contributed by atoms with E-state index in [1.807, 2.05) is 6.92 Å². The summed E-state index contributed by atoms with van der Waals surface area (Å²) in [5.74, 6) is 0. The van der Waals surface area contributed by atoms with Crippen molar-refractivity contribution in [3.8, 4) is 0 Å². The van der Waals surface area contributed by atoms with Crippen LogP contribution in [0.3, 0.4) is 0 Å². The molecule has 62 valence electrons. The first-order valence-corrected chi connectivity index (χ1v) is 3.68. The first kappa shape index (κ1) is 9.85. The Kier molecular flexibility index (Phi) is 5.54. The van der Waals surface area contributed by atoms with E-state index in [1.54, 1.807) is 6.92 Å². The molecule has 0 bridgehead atoms. The minimum atomic E-state index is -0.379. The minimum Gasteiger partial charge on any atom is -0.392 e. The molecule has 2 N–H and O–H groups in total. The van der Waals surface area contributed by atoms with E-state index in [0.717, 1.165) is 0 Å². The van der Waals surface area contributed by atoms with Gasteiger partial charge in [0.1, 0.15) is 6.67 Å². The van der Waals surface area contributed by atoms with Crippen LogP contribution in [0.25, 0.3) is 0 Å². The summed E-state index contributed by atoms with van der Waals surface area (Å²) in [7, 11) is 0. The summed E-state index contributed by atoms with van der Waals surface area (Å²) in [5.41, 5.74) is 0. The summed E-state index contributed by atoms with van der Waals surface area (Å²) in [6.07, 6.45) is 0.375. The van der Waals surface area contributed by atoms with Gasteiger partial charge >= 0.3 is 0 Å². The molecule has 0 aromatic rings. The lowest BCUT2D eigenvalue weighted by atomic mass is 10.2. The zero-order valence-corrected chi connectivity index (χ0v) is 6.60. The van der Waals surface area contributed by atoms with E-state index < -0.39 is 0 Å². The van der Waals surface area contributed by atoms with E-state index in [4.69, 9.17) is 5.11 Å². The van der Waals surface area contributed by atoms with Gasteiger partial charge in [0, 0.05) is 12.6 Å². The molecule has 0 saturated heterocycles. The highest BCUT2D eigenvalue weighted by Crippen LogP contribution is 1.88. The number of hydrogen-bond donors (Lipinski definition) is 2. The Bertz CT molecular complexity index is 70.0. The highest BCUT2D eigenvalue weighted by atomic mass is 19.1. The molecule has 0 heterocycles. The normalized spacial score (nSPS) is 16.8. The van der Waals surface area contributed by atoms with Gasteiger partial charge in [-0.2, -0.15) is 0 Å². The fourth-order valence-corrected chi connectivity index (χ4v) is 0.536. The average Bonchev–Trinajstić information content (AvgIpc) is 1.99. The maximum atomic E-state index is 11.8. The maximum Gasteiger partial charge on any atom is 0.104 e. The Labute approximate surface area is 61.4 Å². The van der Waals surface area contributed by atoms with Crippen LogP contribution < -0.4 is 5.32 Å². The van der Waals surface area contributed by atoms with Crippen molar-refractivity contribution in [3.63, 3.8) is 0 Å². The first-order chi connectivity index (χ1) is 4.70. The van der Waals surface area contributed by atoms with Crippen LogP contribution in [0.15, 0.2) is 0 Å². The fraction of sp³-hybridized carbons (Fsp3) is 1.00. The number of aliphatic hydroxyl groups is 1. The van der Waals surface area contributed by atoms with Gasteiger partial charge in [-0.15, -0.1) is 0 Å². The zero-order valence-electron chi connectivity index (χ0n) is 6.60. The second-order valence-corrected chi connectivity index (χ2v) is 2.53. The molecule has 0 spiro atoms. The monoisotopic (exact) mass is 149 g/mol. The van der Waals surface area contributed by atoms with Gasteiger partial charge in [-0.25, -0.2) is 4.39 Å². The van der Waals surface area contributed by atoms with Crippen LogP contribution in [0.5, 0.6) is 0 Å². The van der Waals surface area contributed by atoms with Crippen molar-refractivity contribution in [2.75, 3.05) is 13.2 Å². The summed E-state index contributed by atoms with van der Waals surface area (Å²) in [6, 6.07) is -0.138. The smallest absolute Gasteiger partial charge is 0.104 e. The number of hydrogen-bond acceptors (Lipinski definition) is 2. The second-order valence-electron chi connectivity index (χ2n) is 2.53. The molecule has 0 rings (SSSR count). The average molecular weight is 149 g/mol. The Morgan fingerprint density at radius 1 is 1.60 bits per heavy atom. The third kappa shape index (κ3) is 4.70. The SMILES string of the molecule is CC[C@H](O)CN[C@@H](C)CF. The van der Waals surface area contributed by atoms with Crippen LogP contribution in [0, 0.1) is 0 Å². The number of rotatable bonds is 5. The maximum absolute atomic E-state index is 11.8. The van der Waals surface area contributed by atoms with Crippen LogP contribution in [0.4, 0.5) is 4.39 Å². The Morgan fingerprint density at radius 3 is 2.60 bits per heavy atom. The number of aliphatic hydroxyl groups excluding tert-OH is 1. The summed E-state index contributed by atoms with van der Waals surface area (Å²) in [5, 5.41) is 11.9. The first-order valence-electron chi connectivity index (χ1n) is 3.68. The van der Waals surface area contributed by atoms with Crippen LogP contribution in [0.1, 0.15) is 20.3 Å². The Hall–Kier alpha value is -0.150. The van der Waals surface area contributed by atoms with E-state index in [0.29, 0.717) is 13.0 Å². The zero-order chi connectivity index (χ0) is 7.98. The highest BCUT2D eigenvalue weighted by Gasteiger charge is 2.03. The van der Waals surface area contributed by atoms with E-state index >= 15 is 0 Å². The number of alkyl halides is 1. The van der Waals surface area contributed by atoms with E-state index in [9.17, 15) is 4.39 Å². The van der Waals surface area contributed by atoms with Gasteiger partial charge in [-0.1, -0.05) is 6.92 Å². The lowest BCUT2D eigenvalue weighted by molar-refractivity contribution is 0.161. The summed E-state index contributed by atoms with van der Waals surface area (Å²) in [4.78, 5) is 0. The van der Waals surface area contributed by atoms with Gasteiger partial charge < -0.3 is 10.4 Å². The molecule has 0 unspecified atom stereocenters. The number of nitrogens with one attached hydrogen (secondary N) is 1. The summed E-state index contributed by atoms with van der Waals surface area (Å²) in [6.45, 7) is 3.76. The largest absolute Gasteiger partial charge is 0.392 e. The van der Waals surface area contributed by atoms with E-state index in [2.05, 4.69) is 5.32 Å². The fourth-order valence-electron chi connectivity index (χ4n) is 0.536. The van der Waals surface area contributed by atoms with Crippen molar-refractivity contribution in [2.24, 2.45) is 0 Å². The van der Waals surface area contributed by atoms with E-state index in [-0.39, 0.29) is 18.8 Å². The van der Waals surface area contributed by atoms with Crippen molar-refractivity contribution < 1.29 is 9.50 Å². The molecule has 0 aromatic heterocycles. The third-order valence-corrected chi connectivity index (χ3v) is 1.40. The standard InChI is InChI=1S/C7H16FNO/c1-3-7(10)5-9-6(2)4-8/h6-7,9-10H,3-5H2,1-2H3/t6-,7-/m0/s1. The molecule has 2 atom stereocenters. The van der Waals surface area contributed by atoms with Gasteiger partial charge in [-0.3, -0.25) is 0 Å². The number of halogens is 1. The molecular weight excluding hydrogens is 133 g/mol. The molecule has 0 fully saturated rings. The Morgan fingerprint density at radius 2 is 2.20 bits per heavy atom. The Balaban J connectivity index is 3.17. The molecule has 0 saturated carbocycles. The molecule has 0 radical (unpaired) electrons. The predicted octanol–water partition coefficient (Wildman–Crippen LogP) is 0.705. The summed E-state index contributed by atoms with van der Waals surface area (Å²) >= 11 is 0. The van der Waals surface area contributed by atoms with Crippen molar-refractivity contribution in [3.05, 3.63) is 0 Å². The lowest BCUT2D eigenvalue weighted by Crippen LogP contribution is -2.34. The topological polar surface area (TPSA) is 32.3 Å². The van der Waals surface area contributed by atoms with Crippen molar-refractivity contribution in [1.29, 1.82) is 0 Å². The van der Waals surface area contributed by atoms with E-state index in [1.165, 1.54) is 0 Å². The van der Waals surface area contributed by atoms with Gasteiger partial charge in [0.2, 0.25) is 0 Å². The summed E-state index contributed by atoms with van der Waals surface area (Å²) < 4.78 is 11.8. The van der Waals surface area contributed by atoms with Crippen LogP contribution >= 0.6 is 0 Å². The highest BCUT2D eigenvalue weighted by molar-refractivity contribution is 4.62. The van der Waals surface area contributed by atoms with Gasteiger partial charge in [0.05, 0.1) is 6.10 Å². The molecule has 0 aliphatic heterocycles. The molecule has 2 nitrogen and oxygen atoms in total. The second kappa shape index (κ2) is 5.62. The molecule has 3 heteroatoms. The molecule has 0 aliphatic rings. The van der Waals surface area contributed by atoms with Crippen molar-refractivity contribution >= 4 is 0 Å². The lowest BCUT2D eigenvalue weighted by Gasteiger charge is -2.12. The minimum absolute atomic E-state index is 0.138. The molecule has 10 heavy (non-hydrogen) atoms. The van der Waals surface area contributed by atoms with Gasteiger partial charge in [-0.05, 0) is 13.3 Å². The van der Waals surface area contributed by atoms with Gasteiger partial charge in [0.25, 0.3) is 0 Å². The third-order valence-electron chi connectivity index (χ3n) is 1.40. The van der Waals surface area contributed by atoms with Crippen LogP contribution in [0.2, 0.25) is 0 Å².